The van der Waals surface area contributed by atoms with Crippen molar-refractivity contribution >= 4 is 29.2 Å². The zero-order valence-electron chi connectivity index (χ0n) is 21.2. The molecule has 1 unspecified atom stereocenters. The van der Waals surface area contributed by atoms with Gasteiger partial charge in [-0.15, -0.1) is 5.11 Å². The van der Waals surface area contributed by atoms with Crippen molar-refractivity contribution in [2.24, 2.45) is 15.2 Å². The molecule has 2 aromatic carbocycles. The van der Waals surface area contributed by atoms with E-state index < -0.39 is 18.1 Å². The molecule has 11 nitrogen and oxygen atoms in total. The average Bonchev–Trinajstić information content (AvgIpc) is 3.39. The van der Waals surface area contributed by atoms with Crippen molar-refractivity contribution in [2.75, 3.05) is 44.9 Å². The Morgan fingerprint density at radius 2 is 1.87 bits per heavy atom. The highest BCUT2D eigenvalue weighted by Gasteiger charge is 2.32. The fourth-order valence-electron chi connectivity index (χ4n) is 4.58. The number of aliphatic imine (C=N–C) groups is 1. The Morgan fingerprint density at radius 3 is 2.66 bits per heavy atom. The maximum Gasteiger partial charge on any atom is 0.291 e. The number of carbonyl (C=O) groups is 3. The quantitative estimate of drug-likeness (QED) is 0.598. The first-order valence-corrected chi connectivity index (χ1v) is 12.7. The van der Waals surface area contributed by atoms with Crippen LogP contribution < -0.4 is 15.0 Å². The number of aryl methyl sites for hydroxylation is 1. The molecule has 1 N–H and O–H groups in total. The monoisotopic (exact) mass is 518 g/mol. The van der Waals surface area contributed by atoms with Gasteiger partial charge in [0.2, 0.25) is 11.7 Å². The van der Waals surface area contributed by atoms with Crippen LogP contribution in [0.1, 0.15) is 17.5 Å². The number of nitrogens with one attached hydrogen (secondary N) is 1. The van der Waals surface area contributed by atoms with Gasteiger partial charge in [-0.25, -0.2) is 4.99 Å². The first-order valence-electron chi connectivity index (χ1n) is 12.7. The van der Waals surface area contributed by atoms with E-state index in [2.05, 4.69) is 20.5 Å². The van der Waals surface area contributed by atoms with Gasteiger partial charge in [0.15, 0.2) is 6.17 Å². The molecule has 3 heterocycles. The fourth-order valence-corrected chi connectivity index (χ4v) is 4.58. The van der Waals surface area contributed by atoms with Crippen LogP contribution in [-0.4, -0.2) is 80.6 Å². The van der Waals surface area contributed by atoms with Crippen LogP contribution >= 0.6 is 0 Å². The summed E-state index contributed by atoms with van der Waals surface area (Å²) < 4.78 is 11.2. The summed E-state index contributed by atoms with van der Waals surface area (Å²) in [7, 11) is 1.64. The zero-order chi connectivity index (χ0) is 26.5. The van der Waals surface area contributed by atoms with Crippen LogP contribution in [0.2, 0.25) is 0 Å². The van der Waals surface area contributed by atoms with E-state index in [0.29, 0.717) is 57.0 Å². The molecule has 0 aliphatic carbocycles. The smallest absolute Gasteiger partial charge is 0.291 e. The van der Waals surface area contributed by atoms with E-state index in [-0.39, 0.29) is 24.3 Å². The highest BCUT2D eigenvalue weighted by Crippen LogP contribution is 2.32. The van der Waals surface area contributed by atoms with E-state index in [1.807, 2.05) is 47.4 Å². The van der Waals surface area contributed by atoms with E-state index in [1.54, 1.807) is 13.1 Å². The fraction of sp³-hybridized carbons (Fsp3) is 0.407. The lowest BCUT2D eigenvalue weighted by molar-refractivity contribution is -0.135. The molecule has 5 rings (SSSR count). The minimum absolute atomic E-state index is 0.0331. The van der Waals surface area contributed by atoms with Crippen molar-refractivity contribution < 1.29 is 23.9 Å². The predicted octanol–water partition coefficient (Wildman–Crippen LogP) is 1.75. The molecule has 1 saturated heterocycles. The van der Waals surface area contributed by atoms with Crippen LogP contribution in [0.3, 0.4) is 0 Å². The van der Waals surface area contributed by atoms with E-state index >= 15 is 0 Å². The number of hydrogen-bond acceptors (Lipinski definition) is 8. The largest absolute Gasteiger partial charge is 0.489 e. The normalized spacial score (nSPS) is 20.9. The number of nitrogens with zero attached hydrogens (tertiary/aromatic N) is 5. The number of ether oxygens (including phenoxy) is 2. The second-order valence-electron chi connectivity index (χ2n) is 9.37. The predicted molar refractivity (Wildman–Crippen MR) is 139 cm³/mol. The minimum atomic E-state index is -0.919. The summed E-state index contributed by atoms with van der Waals surface area (Å²) in [5.41, 5.74) is 2.54. The van der Waals surface area contributed by atoms with E-state index in [1.165, 1.54) is 4.90 Å². The topological polar surface area (TPSA) is 125 Å². The lowest BCUT2D eigenvalue weighted by Crippen LogP contribution is -2.50. The summed E-state index contributed by atoms with van der Waals surface area (Å²) in [6.07, 6.45) is 0.976. The number of benzene rings is 2. The molecule has 1 fully saturated rings. The van der Waals surface area contributed by atoms with E-state index in [9.17, 15) is 14.4 Å². The lowest BCUT2D eigenvalue weighted by Gasteiger charge is -2.27. The first-order chi connectivity index (χ1) is 18.5. The molecule has 0 radical (unpaired) electrons. The number of fused-ring (bicyclic) bond motifs is 1. The number of azo groups is 1. The van der Waals surface area contributed by atoms with Crippen molar-refractivity contribution in [1.29, 1.82) is 0 Å². The van der Waals surface area contributed by atoms with Crippen molar-refractivity contribution in [3.05, 3.63) is 59.7 Å². The van der Waals surface area contributed by atoms with Gasteiger partial charge in [0.1, 0.15) is 18.4 Å². The van der Waals surface area contributed by atoms with Gasteiger partial charge in [0.25, 0.3) is 11.8 Å². The second-order valence-corrected chi connectivity index (χ2v) is 9.37. The Labute approximate surface area is 220 Å². The summed E-state index contributed by atoms with van der Waals surface area (Å²) in [5.74, 6) is -0.343. The summed E-state index contributed by atoms with van der Waals surface area (Å²) in [4.78, 5) is 46.1. The molecule has 198 valence electrons. The van der Waals surface area contributed by atoms with Crippen molar-refractivity contribution in [3.8, 4) is 5.75 Å². The summed E-state index contributed by atoms with van der Waals surface area (Å²) >= 11 is 0. The molecule has 3 aliphatic heterocycles. The summed E-state index contributed by atoms with van der Waals surface area (Å²) in [6.45, 7) is 2.33. The minimum Gasteiger partial charge on any atom is -0.489 e. The third kappa shape index (κ3) is 5.88. The number of morpholine rings is 1. The highest BCUT2D eigenvalue weighted by molar-refractivity contribution is 6.38. The van der Waals surface area contributed by atoms with Crippen LogP contribution in [0.5, 0.6) is 5.75 Å². The number of amides is 3. The molecule has 3 aliphatic rings. The van der Waals surface area contributed by atoms with Gasteiger partial charge in [-0.2, -0.15) is 5.11 Å². The van der Waals surface area contributed by atoms with Gasteiger partial charge in [0.05, 0.1) is 18.9 Å². The van der Waals surface area contributed by atoms with Gasteiger partial charge >= 0.3 is 0 Å². The summed E-state index contributed by atoms with van der Waals surface area (Å²) in [5, 5.41) is 10.7. The Kier molecular flexibility index (Phi) is 7.73. The van der Waals surface area contributed by atoms with Gasteiger partial charge in [-0.1, -0.05) is 36.4 Å². The van der Waals surface area contributed by atoms with Gasteiger partial charge in [-0.05, 0) is 29.7 Å². The Morgan fingerprint density at radius 1 is 1.08 bits per heavy atom. The molecule has 0 spiro atoms. The van der Waals surface area contributed by atoms with Crippen LogP contribution in [0.15, 0.2) is 63.8 Å². The van der Waals surface area contributed by atoms with Crippen LogP contribution in [0.25, 0.3) is 0 Å². The SMILES string of the molecule is CN1C(=O)[C@@H](NC(=O)C2=NC(Cc3ccccc3)N=N2)COc2ccc(CCC(=O)N3CCOCC3)cc21. The van der Waals surface area contributed by atoms with Gasteiger partial charge < -0.3 is 24.6 Å². The molecule has 0 saturated carbocycles. The summed E-state index contributed by atoms with van der Waals surface area (Å²) in [6, 6.07) is 14.3. The molecule has 38 heavy (non-hydrogen) atoms. The Balaban J connectivity index is 1.19. The van der Waals surface area contributed by atoms with E-state index in [0.717, 1.165) is 11.1 Å². The lowest BCUT2D eigenvalue weighted by atomic mass is 10.1. The van der Waals surface area contributed by atoms with Gasteiger partial charge in [0, 0.05) is 33.0 Å². The number of amidine groups is 1. The number of anilines is 1. The molecule has 0 aromatic heterocycles. The van der Waals surface area contributed by atoms with Gasteiger partial charge in [-0.3, -0.25) is 14.4 Å². The van der Waals surface area contributed by atoms with Crippen LogP contribution in [0, 0.1) is 0 Å². The number of likely N-dealkylation sites (N-methyl/N-ethyl adjacent to an activating group) is 1. The second kappa shape index (κ2) is 11.5. The molecular formula is C27H30N6O5. The molecular weight excluding hydrogens is 488 g/mol. The standard InChI is InChI=1S/C27H30N6O5/c1-32-21-15-19(8-10-24(34)33-11-13-37-14-12-33)7-9-22(21)38-17-20(27(32)36)28-26(35)25-29-23(30-31-25)16-18-5-3-2-4-6-18/h2-7,9,15,20,23H,8,10-14,16-17H2,1H3,(H,28,35)/t20-,23?/m0/s1. The third-order valence-electron chi connectivity index (χ3n) is 6.74. The number of hydrogen-bond donors (Lipinski definition) is 1. The highest BCUT2D eigenvalue weighted by atomic mass is 16.5. The van der Waals surface area contributed by atoms with Crippen molar-refractivity contribution in [2.45, 2.75) is 31.5 Å². The molecule has 0 bridgehead atoms. The van der Waals surface area contributed by atoms with Crippen LogP contribution in [0.4, 0.5) is 5.69 Å². The van der Waals surface area contributed by atoms with Crippen LogP contribution in [-0.2, 0) is 32.0 Å². The number of carbonyl (C=O) groups excluding carboxylic acids is 3. The number of rotatable bonds is 7. The Bertz CT molecular complexity index is 1260. The third-order valence-corrected chi connectivity index (χ3v) is 6.74. The van der Waals surface area contributed by atoms with Crippen molar-refractivity contribution in [3.63, 3.8) is 0 Å². The maximum absolute atomic E-state index is 13.2. The molecule has 2 aromatic rings. The van der Waals surface area contributed by atoms with Crippen molar-refractivity contribution in [1.82, 2.24) is 10.2 Å². The average molecular weight is 519 g/mol. The molecule has 11 heteroatoms. The molecule has 2 atom stereocenters. The zero-order valence-corrected chi connectivity index (χ0v) is 21.2. The Hall–Kier alpha value is -4.12. The maximum atomic E-state index is 13.2. The van der Waals surface area contributed by atoms with E-state index in [4.69, 9.17) is 9.47 Å². The molecule has 3 amide bonds. The first kappa shape index (κ1) is 25.5.